The van der Waals surface area contributed by atoms with Crippen molar-refractivity contribution in [3.05, 3.63) is 48.3 Å². The number of para-hydroxylation sites is 1. The lowest BCUT2D eigenvalue weighted by molar-refractivity contribution is -0.00716. The number of rotatable bonds is 6. The zero-order valence-electron chi connectivity index (χ0n) is 14.0. The van der Waals surface area contributed by atoms with Crippen LogP contribution in [0.3, 0.4) is 0 Å². The number of likely N-dealkylation sites (N-methyl/N-ethyl adjacent to an activating group) is 1. The number of hydrogen-bond donors (Lipinski definition) is 1. The molecule has 0 unspecified atom stereocenters. The number of hydrogen-bond acceptors (Lipinski definition) is 4. The van der Waals surface area contributed by atoms with Gasteiger partial charge in [0.05, 0.1) is 5.69 Å². The Labute approximate surface area is 138 Å². The number of benzene rings is 1. The lowest BCUT2D eigenvalue weighted by Crippen LogP contribution is -2.54. The second-order valence-electron chi connectivity index (χ2n) is 6.41. The van der Waals surface area contributed by atoms with Gasteiger partial charge in [-0.25, -0.2) is 4.68 Å². The molecule has 1 saturated heterocycles. The topological polar surface area (TPSA) is 42.3 Å². The van der Waals surface area contributed by atoms with Crippen LogP contribution in [0.4, 0.5) is 0 Å². The molecule has 124 valence electrons. The van der Waals surface area contributed by atoms with Crippen LogP contribution in [0.1, 0.15) is 18.4 Å². The maximum Gasteiger partial charge on any atom is 0.0690 e. The summed E-state index contributed by atoms with van der Waals surface area (Å²) in [5.41, 5.74) is 2.59. The van der Waals surface area contributed by atoms with E-state index in [1.54, 1.807) is 0 Å². The van der Waals surface area contributed by atoms with E-state index in [2.05, 4.69) is 53.7 Å². The van der Waals surface area contributed by atoms with Gasteiger partial charge in [-0.2, -0.15) is 5.10 Å². The maximum absolute atomic E-state index is 5.54. The lowest BCUT2D eigenvalue weighted by Gasteiger charge is -2.43. The van der Waals surface area contributed by atoms with Crippen LogP contribution in [0.2, 0.25) is 0 Å². The summed E-state index contributed by atoms with van der Waals surface area (Å²) < 4.78 is 7.47. The van der Waals surface area contributed by atoms with Gasteiger partial charge in [-0.3, -0.25) is 0 Å². The molecule has 1 aromatic heterocycles. The molecular weight excluding hydrogens is 288 g/mol. The molecule has 2 aromatic rings. The molecule has 0 amide bonds. The standard InChI is InChI=1S/C18H26N4O/c1-21(2)18(8-12-23-13-9-18)15-19-14-16-6-3-4-7-17(16)22-11-5-10-20-22/h3-7,10-11,19H,8-9,12-15H2,1-2H3. The van der Waals surface area contributed by atoms with Crippen molar-refractivity contribution in [2.75, 3.05) is 33.9 Å². The average Bonchev–Trinajstić information content (AvgIpc) is 3.10. The molecule has 0 saturated carbocycles. The molecule has 1 aliphatic rings. The minimum atomic E-state index is 0.193. The first-order valence-corrected chi connectivity index (χ1v) is 8.25. The summed E-state index contributed by atoms with van der Waals surface area (Å²) in [6.07, 6.45) is 5.95. The van der Waals surface area contributed by atoms with Crippen molar-refractivity contribution in [1.29, 1.82) is 0 Å². The second kappa shape index (κ2) is 7.25. The van der Waals surface area contributed by atoms with E-state index in [1.165, 1.54) is 5.56 Å². The molecule has 0 aliphatic carbocycles. The smallest absolute Gasteiger partial charge is 0.0690 e. The Bertz CT molecular complexity index is 603. The predicted molar refractivity (Wildman–Crippen MR) is 91.7 cm³/mol. The van der Waals surface area contributed by atoms with E-state index in [9.17, 15) is 0 Å². The highest BCUT2D eigenvalue weighted by Gasteiger charge is 2.34. The Hall–Kier alpha value is -1.69. The van der Waals surface area contributed by atoms with Crippen LogP contribution in [0.15, 0.2) is 42.7 Å². The molecule has 1 aromatic carbocycles. The van der Waals surface area contributed by atoms with Crippen LogP contribution < -0.4 is 5.32 Å². The van der Waals surface area contributed by atoms with Crippen LogP contribution in [-0.4, -0.2) is 54.1 Å². The molecule has 2 heterocycles. The monoisotopic (exact) mass is 314 g/mol. The van der Waals surface area contributed by atoms with Crippen molar-refractivity contribution < 1.29 is 4.74 Å². The first-order valence-electron chi connectivity index (χ1n) is 8.25. The van der Waals surface area contributed by atoms with Gasteiger partial charge >= 0.3 is 0 Å². The van der Waals surface area contributed by atoms with Gasteiger partial charge in [0, 0.05) is 44.2 Å². The largest absolute Gasteiger partial charge is 0.381 e. The van der Waals surface area contributed by atoms with E-state index < -0.39 is 0 Å². The van der Waals surface area contributed by atoms with Crippen molar-refractivity contribution in [2.45, 2.75) is 24.9 Å². The second-order valence-corrected chi connectivity index (χ2v) is 6.41. The van der Waals surface area contributed by atoms with Gasteiger partial charge in [0.2, 0.25) is 0 Å². The summed E-state index contributed by atoms with van der Waals surface area (Å²) >= 11 is 0. The number of nitrogens with one attached hydrogen (secondary N) is 1. The Kier molecular flexibility index (Phi) is 5.10. The van der Waals surface area contributed by atoms with Crippen LogP contribution in [0.25, 0.3) is 5.69 Å². The number of nitrogens with zero attached hydrogens (tertiary/aromatic N) is 3. The molecule has 0 atom stereocenters. The normalized spacial score (nSPS) is 17.5. The summed E-state index contributed by atoms with van der Waals surface area (Å²) in [6, 6.07) is 10.4. The first kappa shape index (κ1) is 16.2. The molecule has 0 spiro atoms. The Morgan fingerprint density at radius 2 is 2.00 bits per heavy atom. The third-order valence-corrected chi connectivity index (χ3v) is 4.88. The fourth-order valence-electron chi connectivity index (χ4n) is 3.26. The molecule has 0 radical (unpaired) electrons. The molecule has 23 heavy (non-hydrogen) atoms. The molecule has 1 fully saturated rings. The van der Waals surface area contributed by atoms with Crippen molar-refractivity contribution in [3.8, 4) is 5.69 Å². The third kappa shape index (κ3) is 3.63. The summed E-state index contributed by atoms with van der Waals surface area (Å²) in [4.78, 5) is 2.35. The number of ether oxygens (including phenoxy) is 1. The Morgan fingerprint density at radius 3 is 2.70 bits per heavy atom. The molecule has 1 aliphatic heterocycles. The Balaban J connectivity index is 1.67. The van der Waals surface area contributed by atoms with Gasteiger partial charge in [0.1, 0.15) is 0 Å². The minimum absolute atomic E-state index is 0.193. The van der Waals surface area contributed by atoms with E-state index in [0.29, 0.717) is 0 Å². The summed E-state index contributed by atoms with van der Waals surface area (Å²) in [6.45, 7) is 3.51. The minimum Gasteiger partial charge on any atom is -0.381 e. The number of aromatic nitrogens is 2. The van der Waals surface area contributed by atoms with E-state index in [-0.39, 0.29) is 5.54 Å². The van der Waals surface area contributed by atoms with Crippen molar-refractivity contribution in [1.82, 2.24) is 20.0 Å². The highest BCUT2D eigenvalue weighted by Crippen LogP contribution is 2.25. The van der Waals surface area contributed by atoms with E-state index in [0.717, 1.165) is 44.8 Å². The van der Waals surface area contributed by atoms with Gasteiger partial charge in [-0.15, -0.1) is 0 Å². The van der Waals surface area contributed by atoms with E-state index in [1.807, 2.05) is 23.1 Å². The maximum atomic E-state index is 5.54. The third-order valence-electron chi connectivity index (χ3n) is 4.88. The molecule has 5 heteroatoms. The fraction of sp³-hybridized carbons (Fsp3) is 0.500. The molecule has 3 rings (SSSR count). The van der Waals surface area contributed by atoms with Crippen molar-refractivity contribution in [2.24, 2.45) is 0 Å². The van der Waals surface area contributed by atoms with Gasteiger partial charge in [0.25, 0.3) is 0 Å². The molecule has 0 bridgehead atoms. The van der Waals surface area contributed by atoms with Gasteiger partial charge in [-0.05, 0) is 44.6 Å². The summed E-state index contributed by atoms with van der Waals surface area (Å²) in [5.74, 6) is 0. The fourth-order valence-corrected chi connectivity index (χ4v) is 3.26. The van der Waals surface area contributed by atoms with Gasteiger partial charge in [0.15, 0.2) is 0 Å². The highest BCUT2D eigenvalue weighted by atomic mass is 16.5. The summed E-state index contributed by atoms with van der Waals surface area (Å²) in [7, 11) is 4.34. The quantitative estimate of drug-likeness (QED) is 0.886. The van der Waals surface area contributed by atoms with Crippen LogP contribution in [-0.2, 0) is 11.3 Å². The van der Waals surface area contributed by atoms with Crippen molar-refractivity contribution in [3.63, 3.8) is 0 Å². The molecule has 5 nitrogen and oxygen atoms in total. The van der Waals surface area contributed by atoms with Gasteiger partial charge < -0.3 is 15.0 Å². The van der Waals surface area contributed by atoms with E-state index in [4.69, 9.17) is 4.74 Å². The highest BCUT2D eigenvalue weighted by molar-refractivity contribution is 5.40. The van der Waals surface area contributed by atoms with Crippen LogP contribution in [0, 0.1) is 0 Å². The summed E-state index contributed by atoms with van der Waals surface area (Å²) in [5, 5.41) is 8.01. The lowest BCUT2D eigenvalue weighted by atomic mass is 9.88. The zero-order chi connectivity index (χ0) is 16.1. The predicted octanol–water partition coefficient (Wildman–Crippen LogP) is 2.07. The van der Waals surface area contributed by atoms with E-state index >= 15 is 0 Å². The first-order chi connectivity index (χ1) is 11.2. The van der Waals surface area contributed by atoms with Crippen LogP contribution in [0.5, 0.6) is 0 Å². The van der Waals surface area contributed by atoms with Crippen molar-refractivity contribution >= 4 is 0 Å². The van der Waals surface area contributed by atoms with Gasteiger partial charge in [-0.1, -0.05) is 18.2 Å². The van der Waals surface area contributed by atoms with Crippen LogP contribution >= 0.6 is 0 Å². The molecular formula is C18H26N4O. The average molecular weight is 314 g/mol. The zero-order valence-corrected chi connectivity index (χ0v) is 14.0. The SMILES string of the molecule is CN(C)C1(CNCc2ccccc2-n2cccn2)CCOCC1. The molecule has 1 N–H and O–H groups in total. The Morgan fingerprint density at radius 1 is 1.22 bits per heavy atom.